The molecule has 1 saturated heterocycles. The first-order chi connectivity index (χ1) is 10.8. The molecule has 1 unspecified atom stereocenters. The van der Waals surface area contributed by atoms with Crippen molar-refractivity contribution in [1.29, 1.82) is 0 Å². The van der Waals surface area contributed by atoms with Gasteiger partial charge in [0, 0.05) is 0 Å². The number of rotatable bonds is 2. The first-order valence-electron chi connectivity index (χ1n) is 6.52. The van der Waals surface area contributed by atoms with Crippen LogP contribution in [-0.2, 0) is 13.8 Å². The number of phosphoric acid groups is 1. The van der Waals surface area contributed by atoms with E-state index in [2.05, 4.69) is 15.0 Å². The second-order valence-electron chi connectivity index (χ2n) is 5.26. The molecule has 6 N–H and O–H groups in total. The standard InChI is InChI=1S/C10H12N5O7P/c11-7-2-8(13-1-12-7)15-9(14-2)6(22-23(18,19)20)5-3(16)4(17)10(15)21-5/h1,3-6,10,16-17H,(H2,11,12,13)(H2,18,19,20)/t3-,4+,5-,6?,10+/m0/s1. The Morgan fingerprint density at radius 2 is 2.04 bits per heavy atom. The summed E-state index contributed by atoms with van der Waals surface area (Å²) in [6, 6.07) is 0. The van der Waals surface area contributed by atoms with E-state index in [1.165, 1.54) is 10.9 Å². The van der Waals surface area contributed by atoms with Gasteiger partial charge in [-0.1, -0.05) is 0 Å². The maximum absolute atomic E-state index is 11.2. The number of aliphatic hydroxyl groups excluding tert-OH is 2. The molecule has 0 aliphatic carbocycles. The van der Waals surface area contributed by atoms with Crippen LogP contribution in [0.5, 0.6) is 0 Å². The van der Waals surface area contributed by atoms with Crippen molar-refractivity contribution in [1.82, 2.24) is 19.5 Å². The van der Waals surface area contributed by atoms with Crippen molar-refractivity contribution < 1.29 is 33.8 Å². The summed E-state index contributed by atoms with van der Waals surface area (Å²) in [5.74, 6) is 0.0881. The number of hydrogen-bond donors (Lipinski definition) is 5. The number of phosphoric ester groups is 1. The molecule has 4 rings (SSSR count). The molecule has 2 aliphatic rings. The van der Waals surface area contributed by atoms with E-state index in [4.69, 9.17) is 24.8 Å². The smallest absolute Gasteiger partial charge is 0.387 e. The minimum atomic E-state index is -4.92. The number of aliphatic hydroxyl groups is 2. The number of nitrogen functional groups attached to an aromatic ring is 1. The van der Waals surface area contributed by atoms with E-state index in [0.29, 0.717) is 0 Å². The molecular weight excluding hydrogens is 333 g/mol. The minimum absolute atomic E-state index is 0.0346. The van der Waals surface area contributed by atoms with E-state index in [1.807, 2.05) is 0 Å². The summed E-state index contributed by atoms with van der Waals surface area (Å²) in [7, 11) is -4.92. The molecule has 5 atom stereocenters. The molecule has 2 aliphatic heterocycles. The van der Waals surface area contributed by atoms with Crippen LogP contribution in [0.15, 0.2) is 6.33 Å². The van der Waals surface area contributed by atoms with E-state index in [1.54, 1.807) is 0 Å². The predicted octanol–water partition coefficient (Wildman–Crippen LogP) is -1.81. The fraction of sp³-hybridized carbons (Fsp3) is 0.500. The molecule has 1 fully saturated rings. The van der Waals surface area contributed by atoms with Gasteiger partial charge in [0.1, 0.15) is 30.5 Å². The maximum atomic E-state index is 11.2. The van der Waals surface area contributed by atoms with Crippen molar-refractivity contribution in [2.24, 2.45) is 0 Å². The number of aromatic nitrogens is 4. The van der Waals surface area contributed by atoms with Gasteiger partial charge in [-0.25, -0.2) is 19.5 Å². The third kappa shape index (κ3) is 2.08. The first kappa shape index (κ1) is 14.9. The second kappa shape index (κ2) is 4.68. The highest BCUT2D eigenvalue weighted by atomic mass is 31.2. The van der Waals surface area contributed by atoms with E-state index in [9.17, 15) is 14.8 Å². The Kier molecular flexibility index (Phi) is 3.03. The number of ether oxygens (including phenoxy) is 1. The van der Waals surface area contributed by atoms with Gasteiger partial charge in [-0.3, -0.25) is 9.09 Å². The summed E-state index contributed by atoms with van der Waals surface area (Å²) in [6.07, 6.45) is -5.21. The SMILES string of the molecule is Nc1ncnc2c1nc1n2[C@@H]2O[C@H](C1OP(=O)(O)O)[C@@H](O)[C@H]2O. The molecule has 124 valence electrons. The lowest BCUT2D eigenvalue weighted by molar-refractivity contribution is -0.111. The van der Waals surface area contributed by atoms with Gasteiger partial charge in [0.25, 0.3) is 0 Å². The van der Waals surface area contributed by atoms with Crippen molar-refractivity contribution in [2.75, 3.05) is 5.73 Å². The summed E-state index contributed by atoms with van der Waals surface area (Å²) in [5, 5.41) is 20.2. The average molecular weight is 345 g/mol. The second-order valence-corrected chi connectivity index (χ2v) is 6.45. The zero-order chi connectivity index (χ0) is 16.5. The normalized spacial score (nSPS) is 33.1. The Morgan fingerprint density at radius 3 is 2.74 bits per heavy atom. The lowest BCUT2D eigenvalue weighted by Gasteiger charge is -2.30. The summed E-state index contributed by atoms with van der Waals surface area (Å²) in [6.45, 7) is 0. The third-order valence-corrected chi connectivity index (χ3v) is 4.37. The number of anilines is 1. The molecule has 12 nitrogen and oxygen atoms in total. The lowest BCUT2D eigenvalue weighted by Crippen LogP contribution is -2.35. The van der Waals surface area contributed by atoms with E-state index >= 15 is 0 Å². The Balaban J connectivity index is 1.96. The van der Waals surface area contributed by atoms with Gasteiger partial charge in [0.15, 0.2) is 29.3 Å². The van der Waals surface area contributed by atoms with Crippen LogP contribution < -0.4 is 5.73 Å². The fourth-order valence-corrected chi connectivity index (χ4v) is 3.46. The number of fused-ring (bicyclic) bond motifs is 6. The molecule has 2 bridgehead atoms. The summed E-state index contributed by atoms with van der Waals surface area (Å²) >= 11 is 0. The van der Waals surface area contributed by atoms with Crippen molar-refractivity contribution in [3.8, 4) is 0 Å². The molecule has 0 amide bonds. The number of nitrogens with two attached hydrogens (primary N) is 1. The van der Waals surface area contributed by atoms with Gasteiger partial charge in [0.2, 0.25) is 0 Å². The van der Waals surface area contributed by atoms with Crippen LogP contribution in [0.3, 0.4) is 0 Å². The van der Waals surface area contributed by atoms with Gasteiger partial charge >= 0.3 is 7.82 Å². The molecule has 0 radical (unpaired) electrons. The molecule has 0 spiro atoms. The van der Waals surface area contributed by atoms with Gasteiger partial charge < -0.3 is 30.5 Å². The Morgan fingerprint density at radius 1 is 1.30 bits per heavy atom. The Labute approximate surface area is 127 Å². The highest BCUT2D eigenvalue weighted by molar-refractivity contribution is 7.46. The molecule has 0 saturated carbocycles. The number of imidazole rings is 1. The highest BCUT2D eigenvalue weighted by Gasteiger charge is 2.56. The average Bonchev–Trinajstić information content (AvgIpc) is 2.96. The van der Waals surface area contributed by atoms with Crippen LogP contribution in [0, 0.1) is 0 Å². The summed E-state index contributed by atoms with van der Waals surface area (Å²) in [4.78, 5) is 30.2. The number of nitrogens with zero attached hydrogens (tertiary/aromatic N) is 4. The van der Waals surface area contributed by atoms with Crippen LogP contribution in [0.4, 0.5) is 5.82 Å². The lowest BCUT2D eigenvalue weighted by atomic mass is 10.1. The molecule has 2 aromatic rings. The van der Waals surface area contributed by atoms with Gasteiger partial charge in [-0.05, 0) is 0 Å². The zero-order valence-electron chi connectivity index (χ0n) is 11.3. The molecule has 23 heavy (non-hydrogen) atoms. The Bertz CT molecular complexity index is 836. The monoisotopic (exact) mass is 345 g/mol. The van der Waals surface area contributed by atoms with Crippen molar-refractivity contribution in [3.63, 3.8) is 0 Å². The van der Waals surface area contributed by atoms with E-state index in [0.717, 1.165) is 0 Å². The number of hydrogen-bond acceptors (Lipinski definition) is 9. The summed E-state index contributed by atoms with van der Waals surface area (Å²) < 4.78 is 22.7. The first-order valence-corrected chi connectivity index (χ1v) is 8.05. The van der Waals surface area contributed by atoms with Crippen LogP contribution in [0.25, 0.3) is 11.2 Å². The van der Waals surface area contributed by atoms with E-state index < -0.39 is 38.5 Å². The molecule has 4 heterocycles. The fourth-order valence-electron chi connectivity index (χ4n) is 2.95. The van der Waals surface area contributed by atoms with Crippen LogP contribution >= 0.6 is 7.82 Å². The minimum Gasteiger partial charge on any atom is -0.387 e. The van der Waals surface area contributed by atoms with Crippen LogP contribution in [-0.4, -0.2) is 57.8 Å². The highest BCUT2D eigenvalue weighted by Crippen LogP contribution is 2.51. The van der Waals surface area contributed by atoms with Crippen molar-refractivity contribution in [2.45, 2.75) is 30.6 Å². The van der Waals surface area contributed by atoms with Gasteiger partial charge in [0.05, 0.1) is 0 Å². The zero-order valence-corrected chi connectivity index (χ0v) is 12.2. The predicted molar refractivity (Wildman–Crippen MR) is 71.5 cm³/mol. The van der Waals surface area contributed by atoms with Crippen LogP contribution in [0.2, 0.25) is 0 Å². The topological polar surface area (TPSA) is 186 Å². The quantitative estimate of drug-likeness (QED) is 0.386. The Hall–Kier alpha value is -1.66. The molecule has 13 heteroatoms. The van der Waals surface area contributed by atoms with Gasteiger partial charge in [-0.2, -0.15) is 0 Å². The summed E-state index contributed by atoms with van der Waals surface area (Å²) in [5.41, 5.74) is 6.10. The van der Waals surface area contributed by atoms with Crippen molar-refractivity contribution in [3.05, 3.63) is 12.2 Å². The third-order valence-electron chi connectivity index (χ3n) is 3.87. The molecular formula is C10H12N5O7P. The van der Waals surface area contributed by atoms with Gasteiger partial charge in [-0.15, -0.1) is 0 Å². The maximum Gasteiger partial charge on any atom is 0.470 e. The van der Waals surface area contributed by atoms with Crippen LogP contribution in [0.1, 0.15) is 18.2 Å². The molecule has 0 aromatic carbocycles. The largest absolute Gasteiger partial charge is 0.470 e. The molecule has 2 aromatic heterocycles. The van der Waals surface area contributed by atoms with E-state index in [-0.39, 0.29) is 22.8 Å². The van der Waals surface area contributed by atoms with Crippen molar-refractivity contribution >= 4 is 24.8 Å².